The van der Waals surface area contributed by atoms with Crippen LogP contribution in [0.2, 0.25) is 0 Å². The number of pyridine rings is 1. The molecule has 0 fully saturated rings. The molecule has 1 aromatic carbocycles. The Balaban J connectivity index is 1.89. The van der Waals surface area contributed by atoms with Crippen LogP contribution in [0, 0.1) is 0 Å². The van der Waals surface area contributed by atoms with Crippen LogP contribution in [0.1, 0.15) is 18.9 Å². The number of anilines is 1. The fourth-order valence-corrected chi connectivity index (χ4v) is 1.66. The van der Waals surface area contributed by atoms with Crippen LogP contribution in [0.25, 0.3) is 0 Å². The van der Waals surface area contributed by atoms with Crippen LogP contribution in [-0.4, -0.2) is 11.6 Å². The minimum atomic E-state index is 0.465. The number of nitrogen functional groups attached to an aromatic ring is 1. The Morgan fingerprint density at radius 3 is 2.45 bits per heavy atom. The Bertz CT molecular complexity index is 529. The highest BCUT2D eigenvalue weighted by atomic mass is 16.5. The van der Waals surface area contributed by atoms with Crippen LogP contribution in [0.4, 0.5) is 5.82 Å². The molecule has 5 nitrogen and oxygen atoms in total. The van der Waals surface area contributed by atoms with E-state index in [-0.39, 0.29) is 0 Å². The highest BCUT2D eigenvalue weighted by Crippen LogP contribution is 2.19. The van der Waals surface area contributed by atoms with Crippen molar-refractivity contribution in [1.82, 2.24) is 4.98 Å². The van der Waals surface area contributed by atoms with Crippen molar-refractivity contribution in [2.24, 2.45) is 5.84 Å². The predicted molar refractivity (Wildman–Crippen MR) is 78.6 cm³/mol. The van der Waals surface area contributed by atoms with Crippen LogP contribution in [0.5, 0.6) is 11.5 Å². The van der Waals surface area contributed by atoms with Gasteiger partial charge in [-0.05, 0) is 48.4 Å². The minimum Gasteiger partial charge on any atom is -0.494 e. The summed E-state index contributed by atoms with van der Waals surface area (Å²) in [6.07, 6.45) is 2.69. The topological polar surface area (TPSA) is 69.4 Å². The third-order valence-corrected chi connectivity index (χ3v) is 2.67. The number of rotatable bonds is 7. The van der Waals surface area contributed by atoms with Crippen molar-refractivity contribution >= 4 is 5.82 Å². The lowest BCUT2D eigenvalue weighted by Gasteiger charge is -2.09. The number of nitrogens with two attached hydrogens (primary N) is 1. The van der Waals surface area contributed by atoms with Gasteiger partial charge in [0.2, 0.25) is 0 Å². The summed E-state index contributed by atoms with van der Waals surface area (Å²) in [7, 11) is 0. The first-order valence-corrected chi connectivity index (χ1v) is 6.59. The first kappa shape index (κ1) is 14.1. The molecular formula is C15H19N3O2. The summed E-state index contributed by atoms with van der Waals surface area (Å²) in [6, 6.07) is 11.3. The van der Waals surface area contributed by atoms with Crippen molar-refractivity contribution in [3.63, 3.8) is 0 Å². The monoisotopic (exact) mass is 273 g/mol. The molecule has 2 rings (SSSR count). The third-order valence-electron chi connectivity index (χ3n) is 2.67. The number of hydrogen-bond donors (Lipinski definition) is 2. The zero-order valence-corrected chi connectivity index (χ0v) is 11.5. The maximum absolute atomic E-state index is 5.70. The van der Waals surface area contributed by atoms with Gasteiger partial charge < -0.3 is 14.9 Å². The molecule has 0 aliphatic rings. The van der Waals surface area contributed by atoms with Gasteiger partial charge >= 0.3 is 0 Å². The Morgan fingerprint density at radius 1 is 1.10 bits per heavy atom. The fraction of sp³-hybridized carbons (Fsp3) is 0.267. The molecule has 0 bridgehead atoms. The van der Waals surface area contributed by atoms with E-state index in [2.05, 4.69) is 17.3 Å². The molecule has 5 heteroatoms. The molecule has 0 saturated heterocycles. The van der Waals surface area contributed by atoms with Gasteiger partial charge in [0.25, 0.3) is 0 Å². The van der Waals surface area contributed by atoms with Gasteiger partial charge in [0, 0.05) is 6.20 Å². The molecule has 3 N–H and O–H groups in total. The molecule has 106 valence electrons. The lowest BCUT2D eigenvalue weighted by Crippen LogP contribution is -2.09. The number of hydrazine groups is 1. The van der Waals surface area contributed by atoms with Gasteiger partial charge in [-0.1, -0.05) is 6.92 Å². The first-order valence-electron chi connectivity index (χ1n) is 6.59. The van der Waals surface area contributed by atoms with Gasteiger partial charge in [-0.3, -0.25) is 0 Å². The second kappa shape index (κ2) is 7.35. The molecule has 0 aliphatic heterocycles. The Morgan fingerprint density at radius 2 is 1.80 bits per heavy atom. The number of benzene rings is 1. The Hall–Kier alpha value is -2.27. The standard InChI is InChI=1S/C15H19N3O2/c1-2-9-19-13-3-5-14(6-4-13)20-11-12-7-8-17-15(10-12)18-16/h3-8,10H,2,9,11,16H2,1H3,(H,17,18). The molecule has 0 atom stereocenters. The highest BCUT2D eigenvalue weighted by molar-refractivity contribution is 5.36. The smallest absolute Gasteiger partial charge is 0.140 e. The van der Waals surface area contributed by atoms with Gasteiger partial charge in [0.15, 0.2) is 0 Å². The van der Waals surface area contributed by atoms with Gasteiger partial charge in [-0.25, -0.2) is 10.8 Å². The van der Waals surface area contributed by atoms with E-state index in [0.717, 1.165) is 30.1 Å². The number of aromatic nitrogens is 1. The van der Waals surface area contributed by atoms with Crippen molar-refractivity contribution in [1.29, 1.82) is 0 Å². The maximum Gasteiger partial charge on any atom is 0.140 e. The summed E-state index contributed by atoms with van der Waals surface area (Å²) in [6.45, 7) is 3.27. The molecule has 0 spiro atoms. The van der Waals surface area contributed by atoms with Crippen LogP contribution < -0.4 is 20.7 Å². The van der Waals surface area contributed by atoms with Gasteiger partial charge in [0.05, 0.1) is 6.61 Å². The lowest BCUT2D eigenvalue weighted by atomic mass is 10.3. The quantitative estimate of drug-likeness (QED) is 0.599. The van der Waals surface area contributed by atoms with E-state index in [4.69, 9.17) is 15.3 Å². The summed E-state index contributed by atoms with van der Waals surface area (Å²) < 4.78 is 11.2. The van der Waals surface area contributed by atoms with Gasteiger partial charge in [-0.2, -0.15) is 0 Å². The number of nitrogens with one attached hydrogen (secondary N) is 1. The van der Waals surface area contributed by atoms with Crippen LogP contribution >= 0.6 is 0 Å². The van der Waals surface area contributed by atoms with E-state index in [0.29, 0.717) is 12.4 Å². The SMILES string of the molecule is CCCOc1ccc(OCc2ccnc(NN)c2)cc1. The average molecular weight is 273 g/mol. The molecule has 0 saturated carbocycles. The van der Waals surface area contributed by atoms with E-state index in [9.17, 15) is 0 Å². The van der Waals surface area contributed by atoms with Crippen LogP contribution in [0.3, 0.4) is 0 Å². The van der Waals surface area contributed by atoms with Crippen molar-refractivity contribution in [3.8, 4) is 11.5 Å². The summed E-state index contributed by atoms with van der Waals surface area (Å²) >= 11 is 0. The third kappa shape index (κ3) is 4.13. The molecule has 0 aliphatic carbocycles. The van der Waals surface area contributed by atoms with Gasteiger partial charge in [0.1, 0.15) is 23.9 Å². The second-order valence-electron chi connectivity index (χ2n) is 4.30. The molecule has 0 amide bonds. The van der Waals surface area contributed by atoms with Crippen molar-refractivity contribution in [2.45, 2.75) is 20.0 Å². The number of nitrogens with zero attached hydrogens (tertiary/aromatic N) is 1. The first-order chi connectivity index (χ1) is 9.81. The van der Waals surface area contributed by atoms with Crippen molar-refractivity contribution in [2.75, 3.05) is 12.0 Å². The molecule has 0 unspecified atom stereocenters. The van der Waals surface area contributed by atoms with Crippen molar-refractivity contribution < 1.29 is 9.47 Å². The number of hydrogen-bond acceptors (Lipinski definition) is 5. The normalized spacial score (nSPS) is 10.1. The zero-order chi connectivity index (χ0) is 14.2. The summed E-state index contributed by atoms with van der Waals surface area (Å²) in [4.78, 5) is 4.04. The average Bonchev–Trinajstić information content (AvgIpc) is 2.52. The van der Waals surface area contributed by atoms with E-state index < -0.39 is 0 Å². The molecular weight excluding hydrogens is 254 g/mol. The maximum atomic E-state index is 5.70. The predicted octanol–water partition coefficient (Wildman–Crippen LogP) is 2.74. The fourth-order valence-electron chi connectivity index (χ4n) is 1.66. The Kier molecular flexibility index (Phi) is 5.20. The molecule has 1 heterocycles. The Labute approximate surface area is 118 Å². The van der Waals surface area contributed by atoms with Crippen LogP contribution in [-0.2, 0) is 6.61 Å². The van der Waals surface area contributed by atoms with E-state index >= 15 is 0 Å². The molecule has 20 heavy (non-hydrogen) atoms. The van der Waals surface area contributed by atoms with E-state index in [1.54, 1.807) is 6.20 Å². The zero-order valence-electron chi connectivity index (χ0n) is 11.5. The van der Waals surface area contributed by atoms with E-state index in [1.165, 1.54) is 0 Å². The van der Waals surface area contributed by atoms with E-state index in [1.807, 2.05) is 36.4 Å². The minimum absolute atomic E-state index is 0.465. The highest BCUT2D eigenvalue weighted by Gasteiger charge is 1.99. The molecule has 0 radical (unpaired) electrons. The molecule has 2 aromatic rings. The van der Waals surface area contributed by atoms with Crippen molar-refractivity contribution in [3.05, 3.63) is 48.2 Å². The van der Waals surface area contributed by atoms with Gasteiger partial charge in [-0.15, -0.1) is 0 Å². The lowest BCUT2D eigenvalue weighted by molar-refractivity contribution is 0.301. The number of ether oxygens (including phenoxy) is 2. The summed E-state index contributed by atoms with van der Waals surface area (Å²) in [5.41, 5.74) is 3.51. The molecule has 1 aromatic heterocycles. The second-order valence-corrected chi connectivity index (χ2v) is 4.30. The summed E-state index contributed by atoms with van der Waals surface area (Å²) in [5, 5.41) is 0. The van der Waals surface area contributed by atoms with Crippen LogP contribution in [0.15, 0.2) is 42.6 Å². The largest absolute Gasteiger partial charge is 0.494 e. The summed E-state index contributed by atoms with van der Waals surface area (Å²) in [5.74, 6) is 7.59.